The predicted octanol–water partition coefficient (Wildman–Crippen LogP) is 7.20. The van der Waals surface area contributed by atoms with E-state index in [1.165, 1.54) is 5.56 Å². The van der Waals surface area contributed by atoms with Gasteiger partial charge < -0.3 is 0 Å². The molecule has 0 spiro atoms. The summed E-state index contributed by atoms with van der Waals surface area (Å²) in [6.45, 7) is 0. The minimum Gasteiger partial charge on any atom is -0.0835 e. The standard InChI is InChI=1S/C14H9Br3Cl2/c15-10-5-9(6-11(16)7-10)12(17)3-8-1-2-13(18)14(19)4-8/h1-2,4-7,12H,3H2. The maximum absolute atomic E-state index is 6.03. The van der Waals surface area contributed by atoms with Gasteiger partial charge in [0, 0.05) is 13.8 Å². The lowest BCUT2D eigenvalue weighted by Gasteiger charge is -2.12. The van der Waals surface area contributed by atoms with Crippen molar-refractivity contribution in [3.05, 3.63) is 66.5 Å². The molecule has 2 aromatic carbocycles. The van der Waals surface area contributed by atoms with Gasteiger partial charge >= 0.3 is 0 Å². The molecule has 0 N–H and O–H groups in total. The molecule has 19 heavy (non-hydrogen) atoms. The molecule has 1 atom stereocenters. The van der Waals surface area contributed by atoms with Crippen LogP contribution in [0, 0.1) is 0 Å². The fourth-order valence-electron chi connectivity index (χ4n) is 1.75. The third-order valence-corrected chi connectivity index (χ3v) is 5.15. The summed E-state index contributed by atoms with van der Waals surface area (Å²) in [6.07, 6.45) is 0.847. The number of hydrogen-bond acceptors (Lipinski definition) is 0. The van der Waals surface area contributed by atoms with Crippen molar-refractivity contribution in [2.75, 3.05) is 0 Å². The molecule has 0 heterocycles. The van der Waals surface area contributed by atoms with Crippen molar-refractivity contribution < 1.29 is 0 Å². The lowest BCUT2D eigenvalue weighted by atomic mass is 10.0. The number of hydrogen-bond donors (Lipinski definition) is 0. The molecular formula is C14H9Br3Cl2. The Hall–Kier alpha value is 0.460. The van der Waals surface area contributed by atoms with Gasteiger partial charge in [0.25, 0.3) is 0 Å². The van der Waals surface area contributed by atoms with Crippen LogP contribution in [-0.4, -0.2) is 0 Å². The van der Waals surface area contributed by atoms with Crippen molar-refractivity contribution in [1.82, 2.24) is 0 Å². The van der Waals surface area contributed by atoms with E-state index >= 15 is 0 Å². The summed E-state index contributed by atoms with van der Waals surface area (Å²) in [7, 11) is 0. The quantitative estimate of drug-likeness (QED) is 0.402. The largest absolute Gasteiger partial charge is 0.0835 e. The Balaban J connectivity index is 2.20. The van der Waals surface area contributed by atoms with E-state index in [-0.39, 0.29) is 4.83 Å². The monoisotopic (exact) mass is 484 g/mol. The van der Waals surface area contributed by atoms with Crippen LogP contribution >= 0.6 is 71.0 Å². The zero-order valence-electron chi connectivity index (χ0n) is 9.64. The first kappa shape index (κ1) is 15.8. The van der Waals surface area contributed by atoms with Gasteiger partial charge in [-0.25, -0.2) is 0 Å². The van der Waals surface area contributed by atoms with Crippen LogP contribution in [-0.2, 0) is 6.42 Å². The van der Waals surface area contributed by atoms with Crippen LogP contribution in [0.15, 0.2) is 45.3 Å². The predicted molar refractivity (Wildman–Crippen MR) is 93.7 cm³/mol. The van der Waals surface area contributed by atoms with Crippen molar-refractivity contribution >= 4 is 71.0 Å². The van der Waals surface area contributed by atoms with E-state index in [9.17, 15) is 0 Å². The Morgan fingerprint density at radius 1 is 0.895 bits per heavy atom. The zero-order valence-corrected chi connectivity index (χ0v) is 15.9. The summed E-state index contributed by atoms with van der Waals surface area (Å²) in [5.41, 5.74) is 2.35. The molecule has 2 rings (SSSR count). The first-order chi connectivity index (χ1) is 8.95. The van der Waals surface area contributed by atoms with Gasteiger partial charge in [-0.15, -0.1) is 0 Å². The normalized spacial score (nSPS) is 12.5. The van der Waals surface area contributed by atoms with Gasteiger partial charge in [-0.1, -0.05) is 77.1 Å². The highest BCUT2D eigenvalue weighted by molar-refractivity contribution is 9.11. The molecule has 0 bridgehead atoms. The van der Waals surface area contributed by atoms with Gasteiger partial charge in [-0.05, 0) is 47.9 Å². The van der Waals surface area contributed by atoms with Crippen LogP contribution < -0.4 is 0 Å². The van der Waals surface area contributed by atoms with Crippen LogP contribution in [0.3, 0.4) is 0 Å². The summed E-state index contributed by atoms with van der Waals surface area (Å²) >= 11 is 22.7. The zero-order chi connectivity index (χ0) is 14.0. The Morgan fingerprint density at radius 2 is 1.53 bits per heavy atom. The lowest BCUT2D eigenvalue weighted by molar-refractivity contribution is 0.947. The summed E-state index contributed by atoms with van der Waals surface area (Å²) in [5.74, 6) is 0. The minimum atomic E-state index is 0.221. The molecule has 5 heteroatoms. The molecule has 0 saturated carbocycles. The molecule has 0 fully saturated rings. The molecule has 0 amide bonds. The smallest absolute Gasteiger partial charge is 0.0595 e. The minimum absolute atomic E-state index is 0.221. The molecule has 0 aromatic heterocycles. The lowest BCUT2D eigenvalue weighted by Crippen LogP contribution is -1.96. The van der Waals surface area contributed by atoms with E-state index in [4.69, 9.17) is 23.2 Å². The Labute approximate surface area is 147 Å². The molecular weight excluding hydrogens is 479 g/mol. The highest BCUT2D eigenvalue weighted by Gasteiger charge is 2.11. The number of halogens is 5. The van der Waals surface area contributed by atoms with Gasteiger partial charge in [0.2, 0.25) is 0 Å². The first-order valence-electron chi connectivity index (χ1n) is 5.49. The van der Waals surface area contributed by atoms with E-state index in [2.05, 4.69) is 59.9 Å². The van der Waals surface area contributed by atoms with Crippen LogP contribution in [0.1, 0.15) is 16.0 Å². The van der Waals surface area contributed by atoms with Crippen molar-refractivity contribution in [3.8, 4) is 0 Å². The SMILES string of the molecule is Clc1ccc(CC(Br)c2cc(Br)cc(Br)c2)cc1Cl. The fraction of sp³-hybridized carbons (Fsp3) is 0.143. The third-order valence-electron chi connectivity index (χ3n) is 2.65. The molecule has 0 radical (unpaired) electrons. The molecule has 0 aliphatic rings. The van der Waals surface area contributed by atoms with E-state index in [0.29, 0.717) is 10.0 Å². The van der Waals surface area contributed by atoms with Crippen molar-refractivity contribution in [2.45, 2.75) is 11.2 Å². The Morgan fingerprint density at radius 3 is 2.11 bits per heavy atom. The molecule has 0 nitrogen and oxygen atoms in total. The second-order valence-electron chi connectivity index (χ2n) is 4.12. The summed E-state index contributed by atoms with van der Waals surface area (Å²) < 4.78 is 2.10. The van der Waals surface area contributed by atoms with Gasteiger partial charge in [-0.2, -0.15) is 0 Å². The van der Waals surface area contributed by atoms with Crippen molar-refractivity contribution in [2.24, 2.45) is 0 Å². The summed E-state index contributed by atoms with van der Waals surface area (Å²) in [6, 6.07) is 11.9. The average molecular weight is 488 g/mol. The first-order valence-corrected chi connectivity index (χ1v) is 8.75. The fourth-order valence-corrected chi connectivity index (χ4v) is 4.04. The highest BCUT2D eigenvalue weighted by Crippen LogP contribution is 2.33. The Bertz CT molecular complexity index is 579. The van der Waals surface area contributed by atoms with Gasteiger partial charge in [0.1, 0.15) is 0 Å². The molecule has 0 aliphatic carbocycles. The van der Waals surface area contributed by atoms with Crippen LogP contribution in [0.25, 0.3) is 0 Å². The van der Waals surface area contributed by atoms with Crippen LogP contribution in [0.2, 0.25) is 10.0 Å². The second-order valence-corrected chi connectivity index (χ2v) is 7.87. The molecule has 100 valence electrons. The maximum atomic E-state index is 6.03. The van der Waals surface area contributed by atoms with Crippen LogP contribution in [0.4, 0.5) is 0 Å². The number of rotatable bonds is 3. The second kappa shape index (κ2) is 6.95. The van der Waals surface area contributed by atoms with E-state index < -0.39 is 0 Å². The number of benzene rings is 2. The third kappa shape index (κ3) is 4.47. The Kier molecular flexibility index (Phi) is 5.79. The molecule has 0 aliphatic heterocycles. The van der Waals surface area contributed by atoms with E-state index in [1.807, 2.05) is 24.3 Å². The summed E-state index contributed by atoms with van der Waals surface area (Å²) in [5, 5.41) is 1.18. The molecule has 0 saturated heterocycles. The molecule has 2 aromatic rings. The van der Waals surface area contributed by atoms with Gasteiger partial charge in [-0.3, -0.25) is 0 Å². The topological polar surface area (TPSA) is 0 Å². The van der Waals surface area contributed by atoms with E-state index in [0.717, 1.165) is 20.9 Å². The van der Waals surface area contributed by atoms with Gasteiger partial charge in [0.05, 0.1) is 10.0 Å². The number of alkyl halides is 1. The summed E-state index contributed by atoms with van der Waals surface area (Å²) in [4.78, 5) is 0.221. The van der Waals surface area contributed by atoms with Crippen molar-refractivity contribution in [1.29, 1.82) is 0 Å². The van der Waals surface area contributed by atoms with Crippen LogP contribution in [0.5, 0.6) is 0 Å². The maximum Gasteiger partial charge on any atom is 0.0595 e. The van der Waals surface area contributed by atoms with Crippen molar-refractivity contribution in [3.63, 3.8) is 0 Å². The highest BCUT2D eigenvalue weighted by atomic mass is 79.9. The molecule has 1 unspecified atom stereocenters. The average Bonchev–Trinajstić information content (AvgIpc) is 2.32. The van der Waals surface area contributed by atoms with Gasteiger partial charge in [0.15, 0.2) is 0 Å². The van der Waals surface area contributed by atoms with E-state index in [1.54, 1.807) is 0 Å².